The number of nitrogens with zero attached hydrogens (tertiary/aromatic N) is 2. The molecule has 8 heteroatoms. The first-order valence-corrected chi connectivity index (χ1v) is 13.7. The lowest BCUT2D eigenvalue weighted by Gasteiger charge is -2.30. The number of rotatable bonds is 9. The topological polar surface area (TPSA) is 75.0 Å². The number of likely N-dealkylation sites (tertiary alicyclic amines) is 1. The number of furan rings is 1. The van der Waals surface area contributed by atoms with Crippen LogP contribution in [0, 0.1) is 0 Å². The number of amides is 2. The molecule has 36 heavy (non-hydrogen) atoms. The Bertz CT molecular complexity index is 1120. The van der Waals surface area contributed by atoms with Crippen LogP contribution in [-0.4, -0.2) is 49.1 Å². The number of benzene rings is 1. The summed E-state index contributed by atoms with van der Waals surface area (Å²) in [6.45, 7) is 3.94. The van der Waals surface area contributed by atoms with Crippen molar-refractivity contribution in [1.29, 1.82) is 0 Å². The van der Waals surface area contributed by atoms with Crippen LogP contribution in [0.1, 0.15) is 59.3 Å². The number of hydrogen-bond donors (Lipinski definition) is 1. The lowest BCUT2D eigenvalue weighted by atomic mass is 10.1. The van der Waals surface area contributed by atoms with Gasteiger partial charge >= 0.3 is 0 Å². The molecule has 2 fully saturated rings. The van der Waals surface area contributed by atoms with Gasteiger partial charge in [-0.15, -0.1) is 11.3 Å². The Labute approximate surface area is 216 Å². The fraction of sp³-hybridized carbons (Fsp3) is 0.429. The summed E-state index contributed by atoms with van der Waals surface area (Å²) < 4.78 is 11.7. The van der Waals surface area contributed by atoms with Crippen LogP contribution in [0.15, 0.2) is 64.4 Å². The van der Waals surface area contributed by atoms with Crippen LogP contribution in [0.4, 0.5) is 5.69 Å². The third kappa shape index (κ3) is 5.88. The first kappa shape index (κ1) is 24.7. The second kappa shape index (κ2) is 11.9. The van der Waals surface area contributed by atoms with Gasteiger partial charge in [-0.05, 0) is 74.5 Å². The van der Waals surface area contributed by atoms with Crippen molar-refractivity contribution in [2.45, 2.75) is 50.8 Å². The molecular formula is C28H33N3O4S. The molecule has 0 bridgehead atoms. The third-order valence-corrected chi connectivity index (χ3v) is 7.73. The molecule has 0 saturated carbocycles. The molecule has 2 amide bonds. The van der Waals surface area contributed by atoms with Crippen LogP contribution in [0.2, 0.25) is 0 Å². The van der Waals surface area contributed by atoms with Gasteiger partial charge in [0, 0.05) is 23.7 Å². The Kier molecular flexibility index (Phi) is 8.15. The predicted octanol–water partition coefficient (Wildman–Crippen LogP) is 5.01. The third-order valence-electron chi connectivity index (χ3n) is 6.80. The highest BCUT2D eigenvalue weighted by Gasteiger charge is 2.36. The highest BCUT2D eigenvalue weighted by Crippen LogP contribution is 2.32. The lowest BCUT2D eigenvalue weighted by molar-refractivity contribution is -0.122. The zero-order chi connectivity index (χ0) is 24.7. The molecule has 0 radical (unpaired) electrons. The normalized spacial score (nSPS) is 19.2. The van der Waals surface area contributed by atoms with E-state index in [9.17, 15) is 9.59 Å². The van der Waals surface area contributed by atoms with E-state index in [1.54, 1.807) is 11.0 Å². The molecule has 190 valence electrons. The summed E-state index contributed by atoms with van der Waals surface area (Å²) in [5.41, 5.74) is 0.641. The second-order valence-corrected chi connectivity index (χ2v) is 10.4. The van der Waals surface area contributed by atoms with Gasteiger partial charge in [0.2, 0.25) is 5.91 Å². The highest BCUT2D eigenvalue weighted by molar-refractivity contribution is 7.10. The molecule has 5 rings (SSSR count). The molecule has 0 spiro atoms. The number of nitrogens with one attached hydrogen (secondary N) is 1. The Hall–Kier alpha value is -2.94. The number of carbonyl (C=O) groups excluding carboxylic acids is 2. The average Bonchev–Trinajstić information content (AvgIpc) is 3.70. The van der Waals surface area contributed by atoms with Crippen molar-refractivity contribution in [3.8, 4) is 0 Å². The fourth-order valence-corrected chi connectivity index (χ4v) is 5.76. The summed E-state index contributed by atoms with van der Waals surface area (Å²) in [6.07, 6.45) is 5.60. The Morgan fingerprint density at radius 2 is 1.86 bits per heavy atom. The molecule has 3 aromatic rings. The van der Waals surface area contributed by atoms with E-state index in [-0.39, 0.29) is 23.7 Å². The molecule has 2 atom stereocenters. The van der Waals surface area contributed by atoms with Gasteiger partial charge in [0.15, 0.2) is 11.8 Å². The molecule has 2 unspecified atom stereocenters. The van der Waals surface area contributed by atoms with Crippen molar-refractivity contribution in [1.82, 2.24) is 10.2 Å². The number of para-hydroxylation sites is 1. The van der Waals surface area contributed by atoms with Crippen LogP contribution in [-0.2, 0) is 16.1 Å². The molecule has 2 saturated heterocycles. The fourth-order valence-electron chi connectivity index (χ4n) is 4.94. The maximum absolute atomic E-state index is 14.0. The molecule has 2 aromatic heterocycles. The Morgan fingerprint density at radius 3 is 2.58 bits per heavy atom. The van der Waals surface area contributed by atoms with Crippen LogP contribution in [0.5, 0.6) is 0 Å². The minimum atomic E-state index is -0.822. The zero-order valence-corrected chi connectivity index (χ0v) is 21.3. The number of piperidine rings is 1. The van der Waals surface area contributed by atoms with Gasteiger partial charge in [0.25, 0.3) is 5.91 Å². The summed E-state index contributed by atoms with van der Waals surface area (Å²) in [5, 5.41) is 4.96. The quantitative estimate of drug-likeness (QED) is 0.441. The smallest absolute Gasteiger partial charge is 0.295 e. The first-order chi connectivity index (χ1) is 17.7. The monoisotopic (exact) mass is 507 g/mol. The minimum Gasteiger partial charge on any atom is -0.455 e. The molecular weight excluding hydrogens is 474 g/mol. The number of carbonyl (C=O) groups is 2. The number of anilines is 1. The molecule has 2 aliphatic heterocycles. The number of ether oxygens (including phenoxy) is 1. The molecule has 7 nitrogen and oxygen atoms in total. The predicted molar refractivity (Wildman–Crippen MR) is 140 cm³/mol. The summed E-state index contributed by atoms with van der Waals surface area (Å²) >= 11 is 1.46. The summed E-state index contributed by atoms with van der Waals surface area (Å²) in [4.78, 5) is 32.3. The van der Waals surface area contributed by atoms with Crippen molar-refractivity contribution >= 4 is 28.8 Å². The van der Waals surface area contributed by atoms with Gasteiger partial charge in [-0.2, -0.15) is 0 Å². The van der Waals surface area contributed by atoms with Gasteiger partial charge in [0.1, 0.15) is 5.76 Å². The zero-order valence-electron chi connectivity index (χ0n) is 20.4. The van der Waals surface area contributed by atoms with Crippen molar-refractivity contribution in [2.75, 3.05) is 31.1 Å². The van der Waals surface area contributed by atoms with E-state index < -0.39 is 6.04 Å². The van der Waals surface area contributed by atoms with Gasteiger partial charge in [-0.3, -0.25) is 19.4 Å². The second-order valence-electron chi connectivity index (χ2n) is 9.41. The van der Waals surface area contributed by atoms with Crippen molar-refractivity contribution in [3.63, 3.8) is 0 Å². The van der Waals surface area contributed by atoms with Crippen molar-refractivity contribution in [2.24, 2.45) is 0 Å². The molecule has 4 heterocycles. The van der Waals surface area contributed by atoms with Gasteiger partial charge in [0.05, 0.1) is 12.6 Å². The lowest BCUT2D eigenvalue weighted by Crippen LogP contribution is -2.45. The van der Waals surface area contributed by atoms with E-state index >= 15 is 0 Å². The van der Waals surface area contributed by atoms with E-state index in [1.165, 1.54) is 30.6 Å². The maximum Gasteiger partial charge on any atom is 0.295 e. The van der Waals surface area contributed by atoms with Crippen LogP contribution < -0.4 is 10.2 Å². The summed E-state index contributed by atoms with van der Waals surface area (Å²) in [7, 11) is 0. The van der Waals surface area contributed by atoms with Crippen molar-refractivity contribution < 1.29 is 18.7 Å². The van der Waals surface area contributed by atoms with Gasteiger partial charge in [-0.25, -0.2) is 0 Å². The average molecular weight is 508 g/mol. The minimum absolute atomic E-state index is 0.0150. The van der Waals surface area contributed by atoms with Crippen LogP contribution >= 0.6 is 11.3 Å². The molecule has 2 aliphatic rings. The van der Waals surface area contributed by atoms with E-state index in [4.69, 9.17) is 9.15 Å². The van der Waals surface area contributed by atoms with E-state index in [0.29, 0.717) is 18.8 Å². The van der Waals surface area contributed by atoms with Gasteiger partial charge < -0.3 is 14.5 Å². The van der Waals surface area contributed by atoms with E-state index in [2.05, 4.69) is 10.2 Å². The van der Waals surface area contributed by atoms with E-state index in [0.717, 1.165) is 43.2 Å². The number of hydrogen-bond acceptors (Lipinski definition) is 6. The summed E-state index contributed by atoms with van der Waals surface area (Å²) in [5.74, 6) is 0.435. The van der Waals surface area contributed by atoms with Crippen molar-refractivity contribution in [3.05, 3.63) is 76.4 Å². The molecule has 1 aromatic carbocycles. The molecule has 1 N–H and O–H groups in total. The number of thiophene rings is 1. The largest absolute Gasteiger partial charge is 0.455 e. The Balaban J connectivity index is 1.42. The van der Waals surface area contributed by atoms with Gasteiger partial charge in [-0.1, -0.05) is 30.7 Å². The van der Waals surface area contributed by atoms with Crippen LogP contribution in [0.25, 0.3) is 0 Å². The maximum atomic E-state index is 14.0. The van der Waals surface area contributed by atoms with E-state index in [1.807, 2.05) is 53.9 Å². The first-order valence-electron chi connectivity index (χ1n) is 12.8. The molecule has 0 aliphatic carbocycles. The highest BCUT2D eigenvalue weighted by atomic mass is 32.1. The Morgan fingerprint density at radius 1 is 1.03 bits per heavy atom. The van der Waals surface area contributed by atoms with Crippen LogP contribution in [0.3, 0.4) is 0 Å². The summed E-state index contributed by atoms with van der Waals surface area (Å²) in [6, 6.07) is 15.9. The SMILES string of the molecule is O=C(NCC1CCCO1)C(c1cccs1)N(C(=O)c1ccc(CN2CCCCC2)o1)c1ccccc1. The standard InChI is InChI=1S/C28H33N3O4S/c32-27(29-19-22-11-7-17-34-22)26(25-12-8-18-36-25)31(21-9-3-1-4-10-21)28(33)24-14-13-23(35-24)20-30-15-5-2-6-16-30/h1,3-4,8-10,12-14,18,22,26H,2,5-7,11,15-17,19-20H2,(H,29,32).